The normalized spacial score (nSPS) is 11.8. The van der Waals surface area contributed by atoms with Crippen LogP contribution in [0.1, 0.15) is 142 Å². The fourth-order valence-corrected chi connectivity index (χ4v) is 5.00. The van der Waals surface area contributed by atoms with Crippen molar-refractivity contribution in [2.45, 2.75) is 142 Å². The second-order valence-electron chi connectivity index (χ2n) is 12.7. The number of hydrogen-bond donors (Lipinski definition) is 0. The van der Waals surface area contributed by atoms with Crippen LogP contribution in [0.2, 0.25) is 0 Å². The van der Waals surface area contributed by atoms with E-state index in [1.807, 2.05) is 0 Å². The van der Waals surface area contributed by atoms with E-state index in [1.54, 1.807) is 0 Å². The molecule has 228 valence electrons. The average molecular weight is 570 g/mol. The number of nitrogens with zero attached hydrogens (tertiary/aromatic N) is 2. The molecule has 0 unspecified atom stereocenters. The Morgan fingerprint density at radius 3 is 0.865 bits per heavy atom. The van der Waals surface area contributed by atoms with E-state index in [4.69, 9.17) is 4.74 Å². The Kier molecular flexibility index (Phi) is 33.4. The molecule has 0 fully saturated rings. The number of hydrogen-bond acceptors (Lipinski definition) is 1. The molecule has 0 bridgehead atoms. The van der Waals surface area contributed by atoms with Gasteiger partial charge >= 0.3 is 0 Å². The highest BCUT2D eigenvalue weighted by Crippen LogP contribution is 2.13. The number of unbranched alkanes of at least 4 members (excludes halogenated alkanes) is 18. The Hall–Kier alpha value is 0.460. The van der Waals surface area contributed by atoms with Gasteiger partial charge in [0, 0.05) is 0 Å². The van der Waals surface area contributed by atoms with Gasteiger partial charge in [-0.1, -0.05) is 117 Å². The minimum atomic E-state index is 0. The van der Waals surface area contributed by atoms with Crippen LogP contribution < -0.4 is 24.8 Å². The molecular formula is C32H70Cl2N2O. The highest BCUT2D eigenvalue weighted by molar-refractivity contribution is 4.49. The van der Waals surface area contributed by atoms with Crippen LogP contribution >= 0.6 is 0 Å². The van der Waals surface area contributed by atoms with Gasteiger partial charge in [-0.15, -0.1) is 0 Å². The predicted molar refractivity (Wildman–Crippen MR) is 158 cm³/mol. The lowest BCUT2D eigenvalue weighted by Gasteiger charge is -2.31. The molecule has 5 heteroatoms. The predicted octanol–water partition coefficient (Wildman–Crippen LogP) is 3.01. The van der Waals surface area contributed by atoms with E-state index in [0.717, 1.165) is 35.3 Å². The lowest BCUT2D eigenvalue weighted by molar-refractivity contribution is -0.894. The van der Waals surface area contributed by atoms with E-state index in [9.17, 15) is 0 Å². The highest BCUT2D eigenvalue weighted by atomic mass is 35.5. The quantitative estimate of drug-likeness (QED) is 0.104. The zero-order chi connectivity index (χ0) is 26.1. The third-order valence-electron chi connectivity index (χ3n) is 7.92. The van der Waals surface area contributed by atoms with E-state index in [-0.39, 0.29) is 24.8 Å². The number of rotatable bonds is 28. The highest BCUT2D eigenvalue weighted by Gasteiger charge is 2.16. The maximum absolute atomic E-state index is 6.07. The second kappa shape index (κ2) is 29.4. The van der Waals surface area contributed by atoms with Crippen molar-refractivity contribution in [2.24, 2.45) is 0 Å². The molecule has 0 radical (unpaired) electrons. The van der Waals surface area contributed by atoms with Crippen molar-refractivity contribution in [1.29, 1.82) is 0 Å². The van der Waals surface area contributed by atoms with Crippen LogP contribution in [0.4, 0.5) is 0 Å². The summed E-state index contributed by atoms with van der Waals surface area (Å²) in [5, 5.41) is 0. The van der Waals surface area contributed by atoms with Crippen LogP contribution in [0.5, 0.6) is 0 Å². The van der Waals surface area contributed by atoms with E-state index >= 15 is 0 Å². The average Bonchev–Trinajstić information content (AvgIpc) is 2.81. The molecule has 0 aliphatic rings. The van der Waals surface area contributed by atoms with Gasteiger partial charge in [-0.25, -0.2) is 0 Å². The molecule has 0 atom stereocenters. The number of halogens is 2. The third kappa shape index (κ3) is 32.6. The fraction of sp³-hybridized carbons (Fsp3) is 1.00. The molecule has 0 amide bonds. The molecule has 0 heterocycles. The molecule has 0 N–H and O–H groups in total. The van der Waals surface area contributed by atoms with Gasteiger partial charge in [-0.05, 0) is 25.7 Å². The summed E-state index contributed by atoms with van der Waals surface area (Å²) in [6.07, 6.45) is 28.4. The van der Waals surface area contributed by atoms with Gasteiger partial charge in [0.25, 0.3) is 0 Å². The number of likely N-dealkylation sites (N-methyl/N-ethyl adjacent to an activating group) is 2. The van der Waals surface area contributed by atoms with Crippen molar-refractivity contribution in [3.8, 4) is 0 Å². The summed E-state index contributed by atoms with van der Waals surface area (Å²) in [7, 11) is 9.51. The molecular weight excluding hydrogens is 499 g/mol. The zero-order valence-corrected chi connectivity index (χ0v) is 28.0. The van der Waals surface area contributed by atoms with Gasteiger partial charge in [0.05, 0.1) is 54.5 Å². The van der Waals surface area contributed by atoms with Crippen LogP contribution in [-0.2, 0) is 4.74 Å². The lowest BCUT2D eigenvalue weighted by atomic mass is 10.1. The summed E-state index contributed by atoms with van der Waals surface area (Å²) in [5.41, 5.74) is 0. The molecule has 0 saturated carbocycles. The van der Waals surface area contributed by atoms with Gasteiger partial charge < -0.3 is 38.5 Å². The van der Waals surface area contributed by atoms with Crippen molar-refractivity contribution in [2.75, 3.05) is 67.6 Å². The molecule has 0 saturated heterocycles. The van der Waals surface area contributed by atoms with E-state index in [1.165, 1.54) is 142 Å². The Bertz CT molecular complexity index is 395. The first-order chi connectivity index (χ1) is 16.8. The van der Waals surface area contributed by atoms with Crippen LogP contribution in [0, 0.1) is 0 Å². The largest absolute Gasteiger partial charge is 1.00 e. The molecule has 0 aromatic carbocycles. The standard InChI is InChI=1S/C32H70N2O.2ClH/c1-7-9-11-13-15-17-19-21-23-25-27-33(3,4)29-31-35-32-30-34(5,6)28-26-24-22-20-18-16-14-12-10-8-2;;/h7-32H2,1-6H3;2*1H/q+2;;/p-2. The smallest absolute Gasteiger partial charge is 0.102 e. The Balaban J connectivity index is -0.00000578. The SMILES string of the molecule is CCCCCCCCCCCC[N+](C)(C)CCOCC[N+](C)(C)CCCCCCCCCCCC.[Cl-].[Cl-]. The Morgan fingerprint density at radius 2 is 0.595 bits per heavy atom. The minimum Gasteiger partial charge on any atom is -1.00 e. The second-order valence-corrected chi connectivity index (χ2v) is 12.7. The van der Waals surface area contributed by atoms with Crippen molar-refractivity contribution in [3.05, 3.63) is 0 Å². The molecule has 3 nitrogen and oxygen atoms in total. The van der Waals surface area contributed by atoms with E-state index in [0.29, 0.717) is 0 Å². The van der Waals surface area contributed by atoms with Crippen LogP contribution in [0.3, 0.4) is 0 Å². The number of ether oxygens (including phenoxy) is 1. The maximum Gasteiger partial charge on any atom is 0.102 e. The molecule has 37 heavy (non-hydrogen) atoms. The van der Waals surface area contributed by atoms with E-state index in [2.05, 4.69) is 42.0 Å². The molecule has 0 aliphatic carbocycles. The maximum atomic E-state index is 6.07. The van der Waals surface area contributed by atoms with Crippen molar-refractivity contribution < 1.29 is 38.5 Å². The molecule has 0 aromatic rings. The Morgan fingerprint density at radius 1 is 0.351 bits per heavy atom. The van der Waals surface area contributed by atoms with Crippen LogP contribution in [0.15, 0.2) is 0 Å². The first-order valence-electron chi connectivity index (χ1n) is 16.0. The summed E-state index contributed by atoms with van der Waals surface area (Å²) in [6.45, 7) is 11.3. The number of quaternary nitrogens is 2. The van der Waals surface area contributed by atoms with Crippen LogP contribution in [-0.4, -0.2) is 76.5 Å². The minimum absolute atomic E-state index is 0. The third-order valence-corrected chi connectivity index (χ3v) is 7.92. The molecule has 0 aromatic heterocycles. The first-order valence-corrected chi connectivity index (χ1v) is 16.0. The monoisotopic (exact) mass is 568 g/mol. The molecule has 0 spiro atoms. The van der Waals surface area contributed by atoms with Gasteiger partial charge in [-0.3, -0.25) is 0 Å². The van der Waals surface area contributed by atoms with Crippen LogP contribution in [0.25, 0.3) is 0 Å². The molecule has 0 aliphatic heterocycles. The topological polar surface area (TPSA) is 9.23 Å². The van der Waals surface area contributed by atoms with E-state index < -0.39 is 0 Å². The molecule has 0 rings (SSSR count). The summed E-state index contributed by atoms with van der Waals surface area (Å²) in [6, 6.07) is 0. The van der Waals surface area contributed by atoms with Crippen molar-refractivity contribution in [1.82, 2.24) is 0 Å². The summed E-state index contributed by atoms with van der Waals surface area (Å²) in [4.78, 5) is 0. The summed E-state index contributed by atoms with van der Waals surface area (Å²) < 4.78 is 8.28. The summed E-state index contributed by atoms with van der Waals surface area (Å²) in [5.74, 6) is 0. The van der Waals surface area contributed by atoms with Gasteiger partial charge in [0.1, 0.15) is 13.1 Å². The zero-order valence-electron chi connectivity index (χ0n) is 26.4. The van der Waals surface area contributed by atoms with Gasteiger partial charge in [0.2, 0.25) is 0 Å². The Labute approximate surface area is 247 Å². The van der Waals surface area contributed by atoms with Gasteiger partial charge in [0.15, 0.2) is 0 Å². The first kappa shape index (κ1) is 41.9. The van der Waals surface area contributed by atoms with Crippen molar-refractivity contribution >= 4 is 0 Å². The van der Waals surface area contributed by atoms with Gasteiger partial charge in [-0.2, -0.15) is 0 Å². The summed E-state index contributed by atoms with van der Waals surface area (Å²) >= 11 is 0. The fourth-order valence-electron chi connectivity index (χ4n) is 5.00. The van der Waals surface area contributed by atoms with Crippen molar-refractivity contribution in [3.63, 3.8) is 0 Å². The lowest BCUT2D eigenvalue weighted by Crippen LogP contribution is -3.00.